The molecule has 0 aliphatic carbocycles. The Hall–Kier alpha value is -0.870. The van der Waals surface area contributed by atoms with Crippen LogP contribution in [-0.2, 0) is 11.3 Å². The number of piperidine rings is 1. The van der Waals surface area contributed by atoms with Crippen molar-refractivity contribution in [1.29, 1.82) is 0 Å². The van der Waals surface area contributed by atoms with Crippen LogP contribution in [-0.4, -0.2) is 35.9 Å². The third kappa shape index (κ3) is 2.53. The molecular formula is C13H21N3O. The minimum Gasteiger partial charge on any atom is -0.381 e. The third-order valence-electron chi connectivity index (χ3n) is 3.94. The molecule has 2 aliphatic heterocycles. The summed E-state index contributed by atoms with van der Waals surface area (Å²) >= 11 is 0. The van der Waals surface area contributed by atoms with E-state index >= 15 is 0 Å². The van der Waals surface area contributed by atoms with Crippen molar-refractivity contribution in [3.8, 4) is 0 Å². The molecule has 4 nitrogen and oxygen atoms in total. The Balaban J connectivity index is 1.69. The lowest BCUT2D eigenvalue weighted by molar-refractivity contribution is 0.182. The minimum atomic E-state index is 0.647. The molecule has 94 valence electrons. The van der Waals surface area contributed by atoms with Crippen LogP contribution in [0.25, 0.3) is 0 Å². The number of nitrogens with zero attached hydrogens (tertiary/aromatic N) is 2. The second-order valence-corrected chi connectivity index (χ2v) is 5.24. The lowest BCUT2D eigenvalue weighted by Gasteiger charge is -2.24. The number of ether oxygens (including phenoxy) is 1. The van der Waals surface area contributed by atoms with E-state index in [4.69, 9.17) is 4.74 Å². The average Bonchev–Trinajstić information content (AvgIpc) is 3.02. The van der Waals surface area contributed by atoms with Gasteiger partial charge in [-0.25, -0.2) is 4.98 Å². The maximum Gasteiger partial charge on any atom is 0.0948 e. The fourth-order valence-corrected chi connectivity index (χ4v) is 2.93. The van der Waals surface area contributed by atoms with Crippen molar-refractivity contribution in [2.75, 3.05) is 26.3 Å². The lowest BCUT2D eigenvalue weighted by atomic mass is 9.96. The Labute approximate surface area is 102 Å². The van der Waals surface area contributed by atoms with Gasteiger partial charge in [0, 0.05) is 43.4 Å². The van der Waals surface area contributed by atoms with Crippen LogP contribution in [0, 0.1) is 5.92 Å². The second-order valence-electron chi connectivity index (χ2n) is 5.24. The molecule has 0 bridgehead atoms. The SMILES string of the molecule is c1ncn(CC2CCOC2)c1C1CCCNC1. The van der Waals surface area contributed by atoms with Crippen LogP contribution in [0.2, 0.25) is 0 Å². The van der Waals surface area contributed by atoms with Gasteiger partial charge in [-0.15, -0.1) is 0 Å². The highest BCUT2D eigenvalue weighted by Crippen LogP contribution is 2.24. The summed E-state index contributed by atoms with van der Waals surface area (Å²) < 4.78 is 7.79. The van der Waals surface area contributed by atoms with E-state index in [0.29, 0.717) is 11.8 Å². The molecule has 0 spiro atoms. The number of nitrogens with one attached hydrogen (secondary N) is 1. The predicted octanol–water partition coefficient (Wildman–Crippen LogP) is 1.39. The molecule has 4 heteroatoms. The van der Waals surface area contributed by atoms with Gasteiger partial charge >= 0.3 is 0 Å². The van der Waals surface area contributed by atoms with Gasteiger partial charge in [0.2, 0.25) is 0 Å². The van der Waals surface area contributed by atoms with E-state index in [2.05, 4.69) is 14.9 Å². The average molecular weight is 235 g/mol. The summed E-state index contributed by atoms with van der Waals surface area (Å²) in [6, 6.07) is 0. The van der Waals surface area contributed by atoms with Crippen molar-refractivity contribution in [2.45, 2.75) is 31.7 Å². The molecular weight excluding hydrogens is 214 g/mol. The highest BCUT2D eigenvalue weighted by molar-refractivity contribution is 5.08. The molecule has 0 saturated carbocycles. The van der Waals surface area contributed by atoms with Crippen LogP contribution < -0.4 is 5.32 Å². The summed E-state index contributed by atoms with van der Waals surface area (Å²) in [5.41, 5.74) is 1.41. The van der Waals surface area contributed by atoms with Gasteiger partial charge in [-0.3, -0.25) is 0 Å². The van der Waals surface area contributed by atoms with Gasteiger partial charge in [-0.1, -0.05) is 0 Å². The Morgan fingerprint density at radius 1 is 1.47 bits per heavy atom. The first-order valence-corrected chi connectivity index (χ1v) is 6.72. The third-order valence-corrected chi connectivity index (χ3v) is 3.94. The Morgan fingerprint density at radius 3 is 3.24 bits per heavy atom. The summed E-state index contributed by atoms with van der Waals surface area (Å²) in [7, 11) is 0. The first kappa shape index (κ1) is 11.2. The molecule has 2 saturated heterocycles. The number of imidazole rings is 1. The van der Waals surface area contributed by atoms with Crippen LogP contribution in [0.1, 0.15) is 30.9 Å². The molecule has 0 amide bonds. The largest absolute Gasteiger partial charge is 0.381 e. The number of rotatable bonds is 3. The Morgan fingerprint density at radius 2 is 2.47 bits per heavy atom. The molecule has 3 heterocycles. The van der Waals surface area contributed by atoms with E-state index in [1.807, 2.05) is 12.5 Å². The summed E-state index contributed by atoms with van der Waals surface area (Å²) in [6.45, 7) is 5.19. The van der Waals surface area contributed by atoms with E-state index in [9.17, 15) is 0 Å². The summed E-state index contributed by atoms with van der Waals surface area (Å²) in [4.78, 5) is 4.33. The van der Waals surface area contributed by atoms with E-state index in [0.717, 1.165) is 26.3 Å². The Bertz CT molecular complexity index is 351. The number of hydrogen-bond donors (Lipinski definition) is 1. The van der Waals surface area contributed by atoms with Gasteiger partial charge in [0.15, 0.2) is 0 Å². The van der Waals surface area contributed by atoms with E-state index in [-0.39, 0.29) is 0 Å². The fraction of sp³-hybridized carbons (Fsp3) is 0.769. The summed E-state index contributed by atoms with van der Waals surface area (Å²) in [6.07, 6.45) is 7.80. The smallest absolute Gasteiger partial charge is 0.0948 e. The molecule has 1 aromatic rings. The molecule has 2 fully saturated rings. The van der Waals surface area contributed by atoms with Gasteiger partial charge in [-0.2, -0.15) is 0 Å². The van der Waals surface area contributed by atoms with Gasteiger partial charge in [0.1, 0.15) is 0 Å². The van der Waals surface area contributed by atoms with Crippen LogP contribution in [0.4, 0.5) is 0 Å². The molecule has 17 heavy (non-hydrogen) atoms. The first-order chi connectivity index (χ1) is 8.43. The molecule has 1 aromatic heterocycles. The fourth-order valence-electron chi connectivity index (χ4n) is 2.93. The van der Waals surface area contributed by atoms with Gasteiger partial charge in [0.05, 0.1) is 12.9 Å². The van der Waals surface area contributed by atoms with Crippen LogP contribution in [0.3, 0.4) is 0 Å². The number of hydrogen-bond acceptors (Lipinski definition) is 3. The highest BCUT2D eigenvalue weighted by Gasteiger charge is 2.21. The normalized spacial score (nSPS) is 29.6. The zero-order valence-electron chi connectivity index (χ0n) is 10.3. The minimum absolute atomic E-state index is 0.647. The summed E-state index contributed by atoms with van der Waals surface area (Å²) in [5.74, 6) is 1.33. The lowest BCUT2D eigenvalue weighted by Crippen LogP contribution is -2.30. The maximum atomic E-state index is 5.45. The molecule has 0 radical (unpaired) electrons. The molecule has 1 N–H and O–H groups in total. The number of aromatic nitrogens is 2. The van der Waals surface area contributed by atoms with Gasteiger partial charge in [0.25, 0.3) is 0 Å². The molecule has 2 atom stereocenters. The van der Waals surface area contributed by atoms with Crippen molar-refractivity contribution >= 4 is 0 Å². The van der Waals surface area contributed by atoms with E-state index in [1.54, 1.807) is 0 Å². The Kier molecular flexibility index (Phi) is 3.43. The molecule has 2 unspecified atom stereocenters. The van der Waals surface area contributed by atoms with Crippen molar-refractivity contribution in [2.24, 2.45) is 5.92 Å². The topological polar surface area (TPSA) is 39.1 Å². The van der Waals surface area contributed by atoms with Crippen LogP contribution in [0.5, 0.6) is 0 Å². The molecule has 2 aliphatic rings. The van der Waals surface area contributed by atoms with Crippen molar-refractivity contribution < 1.29 is 4.74 Å². The first-order valence-electron chi connectivity index (χ1n) is 6.72. The summed E-state index contributed by atoms with van der Waals surface area (Å²) in [5, 5.41) is 3.48. The predicted molar refractivity (Wildman–Crippen MR) is 66.0 cm³/mol. The zero-order chi connectivity index (χ0) is 11.5. The highest BCUT2D eigenvalue weighted by atomic mass is 16.5. The van der Waals surface area contributed by atoms with Gasteiger partial charge in [-0.05, 0) is 25.8 Å². The zero-order valence-corrected chi connectivity index (χ0v) is 10.3. The second kappa shape index (κ2) is 5.19. The van der Waals surface area contributed by atoms with Crippen LogP contribution in [0.15, 0.2) is 12.5 Å². The van der Waals surface area contributed by atoms with E-state index < -0.39 is 0 Å². The maximum absolute atomic E-state index is 5.45. The van der Waals surface area contributed by atoms with Crippen molar-refractivity contribution in [3.05, 3.63) is 18.2 Å². The van der Waals surface area contributed by atoms with Crippen molar-refractivity contribution in [3.63, 3.8) is 0 Å². The standard InChI is InChI=1S/C13H21N3O/c1-2-12(6-14-4-1)13-7-15-10-16(13)8-11-3-5-17-9-11/h7,10-12,14H,1-6,8-9H2. The molecule has 0 aromatic carbocycles. The monoisotopic (exact) mass is 235 g/mol. The van der Waals surface area contributed by atoms with E-state index in [1.165, 1.54) is 31.5 Å². The van der Waals surface area contributed by atoms with Crippen molar-refractivity contribution in [1.82, 2.24) is 14.9 Å². The van der Waals surface area contributed by atoms with Gasteiger partial charge < -0.3 is 14.6 Å². The molecule has 3 rings (SSSR count). The van der Waals surface area contributed by atoms with Crippen LogP contribution >= 0.6 is 0 Å². The quantitative estimate of drug-likeness (QED) is 0.860.